The number of rotatable bonds is 7. The monoisotopic (exact) mass is 384 g/mol. The van der Waals surface area contributed by atoms with Crippen LogP contribution in [0.2, 0.25) is 0 Å². The first-order valence-corrected chi connectivity index (χ1v) is 9.58. The van der Waals surface area contributed by atoms with Crippen LogP contribution < -0.4 is 4.74 Å². The summed E-state index contributed by atoms with van der Waals surface area (Å²) in [5, 5.41) is 19.3. The first kappa shape index (κ1) is 18.7. The largest absolute Gasteiger partial charge is 0.480 e. The highest BCUT2D eigenvalue weighted by molar-refractivity contribution is 5.45. The molecule has 4 rings (SSSR count). The van der Waals surface area contributed by atoms with E-state index in [1.54, 1.807) is 24.8 Å². The average Bonchev–Trinajstić information content (AvgIpc) is 3.27. The Morgan fingerprint density at radius 3 is 2.75 bits per heavy atom. The molecule has 1 N–H and O–H groups in total. The summed E-state index contributed by atoms with van der Waals surface area (Å²) >= 11 is 0. The molecule has 0 bridgehead atoms. The van der Waals surface area contributed by atoms with Crippen molar-refractivity contribution in [1.82, 2.24) is 19.6 Å². The van der Waals surface area contributed by atoms with Crippen molar-refractivity contribution in [2.75, 3.05) is 7.11 Å². The van der Waals surface area contributed by atoms with Gasteiger partial charge in [0.15, 0.2) is 0 Å². The van der Waals surface area contributed by atoms with Crippen molar-refractivity contribution in [3.8, 4) is 11.6 Å². The Morgan fingerprint density at radius 2 is 2.07 bits per heavy atom. The summed E-state index contributed by atoms with van der Waals surface area (Å²) in [4.78, 5) is 0. The summed E-state index contributed by atoms with van der Waals surface area (Å²) in [7, 11) is 1.57. The molecule has 28 heavy (non-hydrogen) atoms. The van der Waals surface area contributed by atoms with Gasteiger partial charge in [-0.1, -0.05) is 0 Å². The van der Waals surface area contributed by atoms with Gasteiger partial charge in [-0.3, -0.25) is 4.68 Å². The number of aryl methyl sites for hydroxylation is 1. The van der Waals surface area contributed by atoms with Crippen molar-refractivity contribution in [3.63, 3.8) is 0 Å². The zero-order valence-corrected chi connectivity index (χ0v) is 16.4. The molecule has 3 aromatic rings. The molecule has 0 amide bonds. The minimum Gasteiger partial charge on any atom is -0.480 e. The first-order valence-electron chi connectivity index (χ1n) is 9.58. The summed E-state index contributed by atoms with van der Waals surface area (Å²) in [6, 6.07) is 6.22. The second-order valence-electron chi connectivity index (χ2n) is 7.55. The number of methoxy groups -OCH3 is 1. The van der Waals surface area contributed by atoms with E-state index in [1.165, 1.54) is 25.0 Å². The Balaban J connectivity index is 1.71. The molecule has 6 nitrogen and oxygen atoms in total. The molecule has 2 aromatic heterocycles. The highest BCUT2D eigenvalue weighted by Gasteiger charge is 2.23. The second kappa shape index (κ2) is 7.39. The van der Waals surface area contributed by atoms with Crippen molar-refractivity contribution >= 4 is 0 Å². The molecule has 2 heterocycles. The highest BCUT2D eigenvalue weighted by Crippen LogP contribution is 2.31. The highest BCUT2D eigenvalue weighted by atomic mass is 19.1. The van der Waals surface area contributed by atoms with Crippen LogP contribution in [0, 0.1) is 18.7 Å². The Kier molecular flexibility index (Phi) is 4.93. The van der Waals surface area contributed by atoms with E-state index in [0.717, 1.165) is 29.4 Å². The van der Waals surface area contributed by atoms with Crippen LogP contribution in [0.25, 0.3) is 5.69 Å². The van der Waals surface area contributed by atoms with Crippen LogP contribution >= 0.6 is 0 Å². The van der Waals surface area contributed by atoms with Gasteiger partial charge in [0.25, 0.3) is 0 Å². The molecule has 7 heteroatoms. The van der Waals surface area contributed by atoms with Crippen molar-refractivity contribution < 1.29 is 14.2 Å². The van der Waals surface area contributed by atoms with E-state index < -0.39 is 11.9 Å². The van der Waals surface area contributed by atoms with Crippen LogP contribution in [0.15, 0.2) is 30.5 Å². The molecule has 1 saturated carbocycles. The van der Waals surface area contributed by atoms with Crippen LogP contribution in [0.5, 0.6) is 5.88 Å². The number of aliphatic hydroxyl groups is 1. The smallest absolute Gasteiger partial charge is 0.233 e. The van der Waals surface area contributed by atoms with Gasteiger partial charge in [-0.15, -0.1) is 5.10 Å². The van der Waals surface area contributed by atoms with Gasteiger partial charge in [-0.2, -0.15) is 5.10 Å². The lowest BCUT2D eigenvalue weighted by Crippen LogP contribution is -2.08. The van der Waals surface area contributed by atoms with Crippen LogP contribution in [0.3, 0.4) is 0 Å². The maximum absolute atomic E-state index is 13.7. The van der Waals surface area contributed by atoms with Gasteiger partial charge >= 0.3 is 0 Å². The minimum atomic E-state index is -0.822. The summed E-state index contributed by atoms with van der Waals surface area (Å²) in [6.45, 7) is 4.59. The molecule has 1 aromatic carbocycles. The van der Waals surface area contributed by atoms with Gasteiger partial charge in [0.1, 0.15) is 5.82 Å². The van der Waals surface area contributed by atoms with Crippen LogP contribution in [-0.4, -0.2) is 31.8 Å². The SMILES string of the molecule is COc1cc(Cc2cn(CC3CC3)nc2C)n(-c2ccc(F)cc2[C@@H](C)O)n1. The van der Waals surface area contributed by atoms with Gasteiger partial charge in [0.2, 0.25) is 5.88 Å². The number of aliphatic hydroxyl groups excluding tert-OH is 1. The standard InChI is InChI=1S/C21H25FN4O2/c1-13-16(12-25(23-13)11-15-4-5-15)8-18-10-21(28-3)24-26(18)20-7-6-17(22)9-19(20)14(2)27/h6-7,9-10,12,14-15,27H,4-5,8,11H2,1-3H3/t14-/m1/s1. The van der Waals surface area contributed by atoms with Crippen molar-refractivity contribution in [3.05, 3.63) is 58.8 Å². The van der Waals surface area contributed by atoms with E-state index >= 15 is 0 Å². The van der Waals surface area contributed by atoms with E-state index in [4.69, 9.17) is 4.74 Å². The van der Waals surface area contributed by atoms with Crippen molar-refractivity contribution in [2.24, 2.45) is 5.92 Å². The zero-order valence-electron chi connectivity index (χ0n) is 16.4. The molecule has 1 atom stereocenters. The quantitative estimate of drug-likeness (QED) is 0.676. The average molecular weight is 384 g/mol. The fourth-order valence-corrected chi connectivity index (χ4v) is 3.47. The zero-order chi connectivity index (χ0) is 19.8. The third kappa shape index (κ3) is 3.80. The summed E-state index contributed by atoms with van der Waals surface area (Å²) in [5.41, 5.74) is 4.11. The molecule has 1 aliphatic carbocycles. The van der Waals surface area contributed by atoms with Crippen LogP contribution in [0.1, 0.15) is 48.4 Å². The molecule has 1 aliphatic rings. The van der Waals surface area contributed by atoms with Gasteiger partial charge in [0, 0.05) is 30.8 Å². The Labute approximate surface area is 163 Å². The number of hydrogen-bond donors (Lipinski definition) is 1. The third-order valence-electron chi connectivity index (χ3n) is 5.20. The van der Waals surface area contributed by atoms with Crippen LogP contribution in [-0.2, 0) is 13.0 Å². The van der Waals surface area contributed by atoms with Crippen molar-refractivity contribution in [1.29, 1.82) is 0 Å². The molecule has 148 valence electrons. The number of halogens is 1. The molecular formula is C21H25FN4O2. The molecule has 0 saturated heterocycles. The molecule has 1 fully saturated rings. The van der Waals surface area contributed by atoms with E-state index in [2.05, 4.69) is 16.4 Å². The number of benzene rings is 1. The Morgan fingerprint density at radius 1 is 1.29 bits per heavy atom. The number of hydrogen-bond acceptors (Lipinski definition) is 4. The number of ether oxygens (including phenoxy) is 1. The summed E-state index contributed by atoms with van der Waals surface area (Å²) < 4.78 is 22.8. The van der Waals surface area contributed by atoms with Crippen molar-refractivity contribution in [2.45, 2.75) is 45.8 Å². The predicted octanol–water partition coefficient (Wildman–Crippen LogP) is 3.58. The fraction of sp³-hybridized carbons (Fsp3) is 0.429. The van der Waals surface area contributed by atoms with E-state index in [-0.39, 0.29) is 0 Å². The Bertz CT molecular complexity index is 988. The summed E-state index contributed by atoms with van der Waals surface area (Å²) in [6.07, 6.45) is 4.45. The van der Waals surface area contributed by atoms with Gasteiger partial charge in [-0.25, -0.2) is 9.07 Å². The van der Waals surface area contributed by atoms with E-state index in [0.29, 0.717) is 23.6 Å². The van der Waals surface area contributed by atoms with E-state index in [1.807, 2.05) is 17.7 Å². The normalized spacial score (nSPS) is 15.0. The molecule has 0 spiro atoms. The Hall–Kier alpha value is -2.67. The number of nitrogens with zero attached hydrogens (tertiary/aromatic N) is 4. The lowest BCUT2D eigenvalue weighted by molar-refractivity contribution is 0.198. The van der Waals surface area contributed by atoms with E-state index in [9.17, 15) is 9.50 Å². The molecule has 0 radical (unpaired) electrons. The number of aromatic nitrogens is 4. The fourth-order valence-electron chi connectivity index (χ4n) is 3.47. The van der Waals surface area contributed by atoms with Crippen LogP contribution in [0.4, 0.5) is 4.39 Å². The molecule has 0 unspecified atom stereocenters. The maximum Gasteiger partial charge on any atom is 0.233 e. The minimum absolute atomic E-state index is 0.391. The van der Waals surface area contributed by atoms with Gasteiger partial charge in [0.05, 0.1) is 30.3 Å². The second-order valence-corrected chi connectivity index (χ2v) is 7.55. The maximum atomic E-state index is 13.7. The molecule has 0 aliphatic heterocycles. The third-order valence-corrected chi connectivity index (χ3v) is 5.20. The molecular weight excluding hydrogens is 359 g/mol. The summed E-state index contributed by atoms with van der Waals surface area (Å²) in [5.74, 6) is 0.835. The topological polar surface area (TPSA) is 65.1 Å². The predicted molar refractivity (Wildman–Crippen MR) is 103 cm³/mol. The van der Waals surface area contributed by atoms with Gasteiger partial charge < -0.3 is 9.84 Å². The lowest BCUT2D eigenvalue weighted by Gasteiger charge is -2.14. The lowest BCUT2D eigenvalue weighted by atomic mass is 10.1. The van der Waals surface area contributed by atoms with Gasteiger partial charge in [-0.05, 0) is 56.4 Å². The first-order chi connectivity index (χ1) is 13.4.